The van der Waals surface area contributed by atoms with Crippen molar-refractivity contribution in [3.8, 4) is 0 Å². The quantitative estimate of drug-likeness (QED) is 0.758. The molecule has 0 unspecified atom stereocenters. The van der Waals surface area contributed by atoms with E-state index in [1.807, 2.05) is 49.4 Å². The van der Waals surface area contributed by atoms with Gasteiger partial charge in [0, 0.05) is 15.9 Å². The maximum atomic E-state index is 12.4. The third kappa shape index (κ3) is 4.28. The van der Waals surface area contributed by atoms with Crippen LogP contribution in [0.1, 0.15) is 27.9 Å². The van der Waals surface area contributed by atoms with Crippen molar-refractivity contribution in [2.24, 2.45) is 0 Å². The van der Waals surface area contributed by atoms with E-state index in [0.717, 1.165) is 33.2 Å². The number of hydrogen-bond acceptors (Lipinski definition) is 2. The highest BCUT2D eigenvalue weighted by Gasteiger charge is 2.11. The Balaban J connectivity index is 2.14. The van der Waals surface area contributed by atoms with Gasteiger partial charge in [-0.05, 0) is 71.7 Å². The largest absolute Gasteiger partial charge is 0.396 e. The number of hydrogen-bond donors (Lipinski definition) is 2. The Morgan fingerprint density at radius 1 is 1.24 bits per heavy atom. The summed E-state index contributed by atoms with van der Waals surface area (Å²) >= 11 is 2.20. The molecule has 0 aromatic heterocycles. The highest BCUT2D eigenvalue weighted by Crippen LogP contribution is 2.19. The SMILES string of the molecule is Cc1cccc(C(=O)Nc2cccc(CCCO)c2)c1I. The van der Waals surface area contributed by atoms with Crippen LogP contribution in [0.25, 0.3) is 0 Å². The molecule has 3 nitrogen and oxygen atoms in total. The summed E-state index contributed by atoms with van der Waals surface area (Å²) in [5.41, 5.74) is 3.69. The minimum Gasteiger partial charge on any atom is -0.396 e. The molecule has 0 aliphatic rings. The Morgan fingerprint density at radius 2 is 2.00 bits per heavy atom. The Kier molecular flexibility index (Phi) is 5.76. The third-order valence-electron chi connectivity index (χ3n) is 3.24. The van der Waals surface area contributed by atoms with Gasteiger partial charge in [0.05, 0.1) is 5.56 Å². The first-order valence-electron chi connectivity index (χ1n) is 6.88. The lowest BCUT2D eigenvalue weighted by Crippen LogP contribution is -2.14. The van der Waals surface area contributed by atoms with Gasteiger partial charge in [-0.1, -0.05) is 24.3 Å². The summed E-state index contributed by atoms with van der Waals surface area (Å²) in [5.74, 6) is -0.0950. The van der Waals surface area contributed by atoms with E-state index in [0.29, 0.717) is 5.56 Å². The number of nitrogens with one attached hydrogen (secondary N) is 1. The molecule has 0 saturated carbocycles. The number of benzene rings is 2. The van der Waals surface area contributed by atoms with Crippen LogP contribution in [0.5, 0.6) is 0 Å². The highest BCUT2D eigenvalue weighted by atomic mass is 127. The van der Waals surface area contributed by atoms with Crippen LogP contribution in [0.4, 0.5) is 5.69 Å². The van der Waals surface area contributed by atoms with Crippen LogP contribution in [-0.4, -0.2) is 17.6 Å². The first kappa shape index (κ1) is 16.0. The van der Waals surface area contributed by atoms with Crippen molar-refractivity contribution in [3.05, 3.63) is 62.7 Å². The van der Waals surface area contributed by atoms with Gasteiger partial charge in [-0.25, -0.2) is 0 Å². The van der Waals surface area contributed by atoms with Gasteiger partial charge in [-0.2, -0.15) is 0 Å². The van der Waals surface area contributed by atoms with Gasteiger partial charge < -0.3 is 10.4 Å². The topological polar surface area (TPSA) is 49.3 Å². The molecule has 110 valence electrons. The summed E-state index contributed by atoms with van der Waals surface area (Å²) in [6.07, 6.45) is 1.54. The van der Waals surface area contributed by atoms with E-state index in [2.05, 4.69) is 27.9 Å². The molecule has 0 radical (unpaired) electrons. The van der Waals surface area contributed by atoms with Gasteiger partial charge in [-0.15, -0.1) is 0 Å². The number of aliphatic hydroxyl groups excluding tert-OH is 1. The van der Waals surface area contributed by atoms with Crippen LogP contribution in [0.3, 0.4) is 0 Å². The average Bonchev–Trinajstić information content (AvgIpc) is 2.48. The third-order valence-corrected chi connectivity index (χ3v) is 4.68. The monoisotopic (exact) mass is 395 g/mol. The molecule has 0 bridgehead atoms. The van der Waals surface area contributed by atoms with Crippen molar-refractivity contribution >= 4 is 34.2 Å². The van der Waals surface area contributed by atoms with Crippen molar-refractivity contribution in [3.63, 3.8) is 0 Å². The number of amides is 1. The van der Waals surface area contributed by atoms with Gasteiger partial charge in [0.25, 0.3) is 5.91 Å². The molecule has 0 fully saturated rings. The summed E-state index contributed by atoms with van der Waals surface area (Å²) in [7, 11) is 0. The minimum absolute atomic E-state index is 0.0950. The fourth-order valence-corrected chi connectivity index (χ4v) is 2.71. The number of halogens is 1. The molecular formula is C17H18INO2. The Bertz CT molecular complexity index is 640. The van der Waals surface area contributed by atoms with Crippen molar-refractivity contribution in [2.45, 2.75) is 19.8 Å². The molecule has 2 N–H and O–H groups in total. The van der Waals surface area contributed by atoms with E-state index in [9.17, 15) is 4.79 Å². The second kappa shape index (κ2) is 7.56. The molecule has 2 rings (SSSR count). The molecular weight excluding hydrogens is 377 g/mol. The molecule has 0 atom stereocenters. The van der Waals surface area contributed by atoms with Crippen molar-refractivity contribution < 1.29 is 9.90 Å². The number of rotatable bonds is 5. The zero-order chi connectivity index (χ0) is 15.2. The molecule has 4 heteroatoms. The molecule has 1 amide bonds. The zero-order valence-electron chi connectivity index (χ0n) is 11.9. The Morgan fingerprint density at radius 3 is 2.76 bits per heavy atom. The predicted octanol–water partition coefficient (Wildman–Crippen LogP) is 3.78. The van der Waals surface area contributed by atoms with E-state index in [-0.39, 0.29) is 12.5 Å². The van der Waals surface area contributed by atoms with Gasteiger partial charge in [0.15, 0.2) is 0 Å². The lowest BCUT2D eigenvalue weighted by molar-refractivity contribution is 0.102. The van der Waals surface area contributed by atoms with Gasteiger partial charge in [0.2, 0.25) is 0 Å². The first-order valence-corrected chi connectivity index (χ1v) is 7.96. The molecule has 0 saturated heterocycles. The maximum Gasteiger partial charge on any atom is 0.256 e. The maximum absolute atomic E-state index is 12.4. The second-order valence-electron chi connectivity index (χ2n) is 4.92. The van der Waals surface area contributed by atoms with Crippen molar-refractivity contribution in [1.82, 2.24) is 0 Å². The van der Waals surface area contributed by atoms with Crippen LogP contribution in [-0.2, 0) is 6.42 Å². The van der Waals surface area contributed by atoms with Crippen LogP contribution < -0.4 is 5.32 Å². The predicted molar refractivity (Wildman–Crippen MR) is 93.7 cm³/mol. The lowest BCUT2D eigenvalue weighted by Gasteiger charge is -2.09. The normalized spacial score (nSPS) is 10.4. The van der Waals surface area contributed by atoms with Crippen molar-refractivity contribution in [1.29, 1.82) is 0 Å². The number of carbonyl (C=O) groups excluding carboxylic acids is 1. The molecule has 0 aliphatic carbocycles. The van der Waals surface area contributed by atoms with E-state index < -0.39 is 0 Å². The number of aliphatic hydroxyl groups is 1. The standard InChI is InChI=1S/C17H18INO2/c1-12-5-2-9-15(16(12)18)17(21)19-14-8-3-6-13(11-14)7-4-10-20/h2-3,5-6,8-9,11,20H,4,7,10H2,1H3,(H,19,21). The fourth-order valence-electron chi connectivity index (χ4n) is 2.11. The fraction of sp³-hybridized carbons (Fsp3) is 0.235. The molecule has 0 aliphatic heterocycles. The average molecular weight is 395 g/mol. The van der Waals surface area contributed by atoms with Gasteiger partial charge >= 0.3 is 0 Å². The molecule has 0 spiro atoms. The molecule has 0 heterocycles. The van der Waals surface area contributed by atoms with Crippen LogP contribution in [0, 0.1) is 10.5 Å². The smallest absolute Gasteiger partial charge is 0.256 e. The first-order chi connectivity index (χ1) is 10.1. The minimum atomic E-state index is -0.0950. The Labute approximate surface area is 138 Å². The Hall–Kier alpha value is -1.40. The van der Waals surface area contributed by atoms with E-state index in [1.54, 1.807) is 0 Å². The lowest BCUT2D eigenvalue weighted by atomic mass is 10.1. The summed E-state index contributed by atoms with van der Waals surface area (Å²) in [6, 6.07) is 13.5. The summed E-state index contributed by atoms with van der Waals surface area (Å²) in [5, 5.41) is 11.8. The highest BCUT2D eigenvalue weighted by molar-refractivity contribution is 14.1. The number of aryl methyl sites for hydroxylation is 2. The number of carbonyl (C=O) groups is 1. The summed E-state index contributed by atoms with van der Waals surface area (Å²) in [4.78, 5) is 12.4. The van der Waals surface area contributed by atoms with Crippen LogP contribution in [0.2, 0.25) is 0 Å². The van der Waals surface area contributed by atoms with Crippen LogP contribution >= 0.6 is 22.6 Å². The van der Waals surface area contributed by atoms with E-state index in [1.165, 1.54) is 0 Å². The summed E-state index contributed by atoms with van der Waals surface area (Å²) in [6.45, 7) is 2.17. The molecule has 2 aromatic rings. The van der Waals surface area contributed by atoms with E-state index >= 15 is 0 Å². The zero-order valence-corrected chi connectivity index (χ0v) is 14.1. The van der Waals surface area contributed by atoms with Gasteiger partial charge in [0.1, 0.15) is 0 Å². The number of anilines is 1. The van der Waals surface area contributed by atoms with Crippen molar-refractivity contribution in [2.75, 3.05) is 11.9 Å². The second-order valence-corrected chi connectivity index (χ2v) is 6.00. The van der Waals surface area contributed by atoms with Crippen LogP contribution in [0.15, 0.2) is 42.5 Å². The molecule has 2 aromatic carbocycles. The van der Waals surface area contributed by atoms with Gasteiger partial charge in [-0.3, -0.25) is 4.79 Å². The molecule has 21 heavy (non-hydrogen) atoms. The van der Waals surface area contributed by atoms with E-state index in [4.69, 9.17) is 5.11 Å². The summed E-state index contributed by atoms with van der Waals surface area (Å²) < 4.78 is 0.976.